The van der Waals surface area contributed by atoms with Crippen LogP contribution in [0.5, 0.6) is 5.75 Å². The van der Waals surface area contributed by atoms with Crippen LogP contribution in [0, 0.1) is 0 Å². The smallest absolute Gasteiger partial charge is 0.322 e. The molecule has 110 valence electrons. The largest absolute Gasteiger partial charge is 0.497 e. The summed E-state index contributed by atoms with van der Waals surface area (Å²) in [5.41, 5.74) is 3.21. The maximum atomic E-state index is 12.2. The summed E-state index contributed by atoms with van der Waals surface area (Å²) in [4.78, 5) is 14.0. The topological polar surface area (TPSA) is 41.6 Å². The molecule has 2 aromatic rings. The molecule has 0 radical (unpaired) electrons. The predicted molar refractivity (Wildman–Crippen MR) is 84.4 cm³/mol. The average molecular weight is 284 g/mol. The highest BCUT2D eigenvalue weighted by Crippen LogP contribution is 2.23. The number of ether oxygens (including phenoxy) is 1. The van der Waals surface area contributed by atoms with E-state index in [1.165, 1.54) is 11.1 Å². The van der Waals surface area contributed by atoms with Crippen LogP contribution in [-0.2, 0) is 13.1 Å². The van der Waals surface area contributed by atoms with Crippen LogP contribution in [0.25, 0.3) is 0 Å². The van der Waals surface area contributed by atoms with E-state index in [1.807, 2.05) is 36.4 Å². The summed E-state index contributed by atoms with van der Waals surface area (Å²) >= 11 is 0. The van der Waals surface area contributed by atoms with Crippen LogP contribution in [-0.4, -0.2) is 18.0 Å². The van der Waals surface area contributed by atoms with E-state index in [-0.39, 0.29) is 13.5 Å². The van der Waals surface area contributed by atoms with Crippen LogP contribution in [0.4, 0.5) is 10.5 Å². The third-order valence-corrected chi connectivity index (χ3v) is 3.47. The van der Waals surface area contributed by atoms with Gasteiger partial charge in [-0.05, 0) is 35.4 Å². The van der Waals surface area contributed by atoms with Gasteiger partial charge < -0.3 is 15.0 Å². The molecule has 0 fully saturated rings. The maximum absolute atomic E-state index is 12.2. The Labute approximate surface area is 125 Å². The van der Waals surface area contributed by atoms with E-state index < -0.39 is 0 Å². The molecule has 1 heterocycles. The first-order valence-corrected chi connectivity index (χ1v) is 6.53. The number of carbonyl (C=O) groups excluding carboxylic acids is 1. The summed E-state index contributed by atoms with van der Waals surface area (Å²) in [6, 6.07) is 15.4. The van der Waals surface area contributed by atoms with Gasteiger partial charge in [0.05, 0.1) is 7.11 Å². The number of nitrogens with zero attached hydrogens (tertiary/aromatic N) is 1. The molecule has 0 atom stereocenters. The van der Waals surface area contributed by atoms with Crippen molar-refractivity contribution in [1.82, 2.24) is 4.90 Å². The number of carbonyl (C=O) groups is 1. The number of fused-ring (bicyclic) bond motifs is 1. The van der Waals surface area contributed by atoms with Gasteiger partial charge in [0.2, 0.25) is 0 Å². The van der Waals surface area contributed by atoms with Gasteiger partial charge in [-0.2, -0.15) is 0 Å². The van der Waals surface area contributed by atoms with Gasteiger partial charge in [-0.1, -0.05) is 31.7 Å². The second-order valence-electron chi connectivity index (χ2n) is 4.78. The average Bonchev–Trinajstić information content (AvgIpc) is 2.92. The van der Waals surface area contributed by atoms with Crippen molar-refractivity contribution in [3.8, 4) is 5.75 Å². The van der Waals surface area contributed by atoms with E-state index in [9.17, 15) is 4.79 Å². The zero-order valence-corrected chi connectivity index (χ0v) is 11.3. The molecule has 1 N–H and O–H groups in total. The molecule has 1 aliphatic heterocycles. The Morgan fingerprint density at radius 3 is 2.14 bits per heavy atom. The van der Waals surface area contributed by atoms with Crippen molar-refractivity contribution in [1.29, 1.82) is 0 Å². The lowest BCUT2D eigenvalue weighted by atomic mass is 10.1. The predicted octanol–water partition coefficient (Wildman–Crippen LogP) is 3.88. The molecule has 0 unspecified atom stereocenters. The van der Waals surface area contributed by atoms with Crippen LogP contribution in [0.1, 0.15) is 18.6 Å². The minimum atomic E-state index is -0.0774. The summed E-state index contributed by atoms with van der Waals surface area (Å²) < 4.78 is 5.09. The second kappa shape index (κ2) is 6.31. The third kappa shape index (κ3) is 3.16. The van der Waals surface area contributed by atoms with E-state index in [2.05, 4.69) is 17.4 Å². The van der Waals surface area contributed by atoms with Crippen LogP contribution >= 0.6 is 0 Å². The Morgan fingerprint density at radius 2 is 1.62 bits per heavy atom. The first-order chi connectivity index (χ1) is 9.76. The molecule has 0 aliphatic carbocycles. The summed E-state index contributed by atoms with van der Waals surface area (Å²) in [7, 11) is 1.62. The van der Waals surface area contributed by atoms with Gasteiger partial charge in [-0.15, -0.1) is 0 Å². The molecular weight excluding hydrogens is 264 g/mol. The normalized spacial score (nSPS) is 12.3. The Hall–Kier alpha value is -2.49. The van der Waals surface area contributed by atoms with E-state index in [0.29, 0.717) is 13.1 Å². The first kappa shape index (κ1) is 14.9. The van der Waals surface area contributed by atoms with Gasteiger partial charge in [0, 0.05) is 18.8 Å². The zero-order valence-electron chi connectivity index (χ0n) is 11.3. The van der Waals surface area contributed by atoms with E-state index in [1.54, 1.807) is 12.0 Å². The highest BCUT2D eigenvalue weighted by Gasteiger charge is 2.22. The van der Waals surface area contributed by atoms with Crippen LogP contribution < -0.4 is 10.1 Å². The minimum absolute atomic E-state index is 0. The monoisotopic (exact) mass is 284 g/mol. The Balaban J connectivity index is 0.00000161. The highest BCUT2D eigenvalue weighted by molar-refractivity contribution is 5.89. The van der Waals surface area contributed by atoms with Gasteiger partial charge in [-0.3, -0.25) is 0 Å². The van der Waals surface area contributed by atoms with Crippen molar-refractivity contribution in [2.45, 2.75) is 20.5 Å². The van der Waals surface area contributed by atoms with E-state index in [0.717, 1.165) is 11.4 Å². The van der Waals surface area contributed by atoms with Crippen molar-refractivity contribution < 1.29 is 9.53 Å². The molecule has 4 nitrogen and oxygen atoms in total. The lowest BCUT2D eigenvalue weighted by Gasteiger charge is -2.16. The number of hydrogen-bond acceptors (Lipinski definition) is 2. The van der Waals surface area contributed by atoms with Crippen LogP contribution in [0.15, 0.2) is 48.5 Å². The summed E-state index contributed by atoms with van der Waals surface area (Å²) in [5, 5.41) is 2.90. The summed E-state index contributed by atoms with van der Waals surface area (Å²) in [6.45, 7) is 1.33. The second-order valence-corrected chi connectivity index (χ2v) is 4.78. The van der Waals surface area contributed by atoms with Crippen molar-refractivity contribution in [2.24, 2.45) is 0 Å². The number of urea groups is 1. The summed E-state index contributed by atoms with van der Waals surface area (Å²) in [5.74, 6) is 0.775. The molecule has 1 aliphatic rings. The number of nitrogens with one attached hydrogen (secondary N) is 1. The van der Waals surface area contributed by atoms with Crippen molar-refractivity contribution in [3.63, 3.8) is 0 Å². The molecule has 0 bridgehead atoms. The molecule has 0 aromatic heterocycles. The van der Waals surface area contributed by atoms with Crippen molar-refractivity contribution in [3.05, 3.63) is 59.7 Å². The molecule has 0 saturated heterocycles. The molecule has 0 saturated carbocycles. The Bertz CT molecular complexity index is 598. The molecule has 0 spiro atoms. The molecule has 21 heavy (non-hydrogen) atoms. The van der Waals surface area contributed by atoms with Gasteiger partial charge in [0.15, 0.2) is 0 Å². The quantitative estimate of drug-likeness (QED) is 0.909. The number of benzene rings is 2. The van der Waals surface area contributed by atoms with Gasteiger partial charge in [0.25, 0.3) is 0 Å². The number of methoxy groups -OCH3 is 1. The third-order valence-electron chi connectivity index (χ3n) is 3.47. The minimum Gasteiger partial charge on any atom is -0.497 e. The fourth-order valence-electron chi connectivity index (χ4n) is 2.35. The fourth-order valence-corrected chi connectivity index (χ4v) is 2.35. The molecule has 4 heteroatoms. The summed E-state index contributed by atoms with van der Waals surface area (Å²) in [6.07, 6.45) is 0. The standard InChI is InChI=1S/C16H16N2O2.CH4/c1-20-15-8-6-14(7-9-15)17-16(19)18-10-12-4-2-3-5-13(12)11-18;/h2-9H,10-11H2,1H3,(H,17,19);1H4. The number of amides is 2. The Kier molecular flexibility index (Phi) is 4.48. The number of anilines is 1. The number of rotatable bonds is 2. The lowest BCUT2D eigenvalue weighted by Crippen LogP contribution is -2.30. The van der Waals surface area contributed by atoms with E-state index in [4.69, 9.17) is 4.74 Å². The molecule has 2 amide bonds. The Morgan fingerprint density at radius 1 is 1.05 bits per heavy atom. The van der Waals surface area contributed by atoms with E-state index >= 15 is 0 Å². The van der Waals surface area contributed by atoms with Gasteiger partial charge in [0.1, 0.15) is 5.75 Å². The number of hydrogen-bond donors (Lipinski definition) is 1. The SMILES string of the molecule is C.COc1ccc(NC(=O)N2Cc3ccccc3C2)cc1. The van der Waals surface area contributed by atoms with Crippen molar-refractivity contribution >= 4 is 11.7 Å². The molecule has 3 rings (SSSR count). The molecular formula is C17H20N2O2. The fraction of sp³-hybridized carbons (Fsp3) is 0.235. The zero-order chi connectivity index (χ0) is 13.9. The van der Waals surface area contributed by atoms with Gasteiger partial charge >= 0.3 is 6.03 Å². The molecule has 2 aromatic carbocycles. The van der Waals surface area contributed by atoms with Crippen LogP contribution in [0.3, 0.4) is 0 Å². The maximum Gasteiger partial charge on any atom is 0.322 e. The first-order valence-electron chi connectivity index (χ1n) is 6.53. The highest BCUT2D eigenvalue weighted by atomic mass is 16.5. The lowest BCUT2D eigenvalue weighted by molar-refractivity contribution is 0.212. The van der Waals surface area contributed by atoms with Gasteiger partial charge in [-0.25, -0.2) is 4.79 Å². The van der Waals surface area contributed by atoms with Crippen LogP contribution in [0.2, 0.25) is 0 Å². The van der Waals surface area contributed by atoms with Crippen molar-refractivity contribution in [2.75, 3.05) is 12.4 Å².